The summed E-state index contributed by atoms with van der Waals surface area (Å²) in [6.07, 6.45) is 0. The van der Waals surface area contributed by atoms with E-state index in [-0.39, 0.29) is 11.9 Å². The lowest BCUT2D eigenvalue weighted by molar-refractivity contribution is -0.120. The number of guanidine groups is 1. The first-order valence-electron chi connectivity index (χ1n) is 5.57. The molecule has 1 aliphatic heterocycles. The van der Waals surface area contributed by atoms with Gasteiger partial charge in [0.25, 0.3) is 5.91 Å². The number of benzene rings is 1. The van der Waals surface area contributed by atoms with E-state index in [9.17, 15) is 4.79 Å². The third-order valence-corrected chi connectivity index (χ3v) is 3.01. The number of carbonyl (C=O) groups is 1. The Morgan fingerprint density at radius 3 is 2.78 bits per heavy atom. The zero-order valence-corrected chi connectivity index (χ0v) is 11.5. The highest BCUT2D eigenvalue weighted by molar-refractivity contribution is 6.34. The Hall–Kier alpha value is -1.26. The van der Waals surface area contributed by atoms with Crippen molar-refractivity contribution in [2.75, 3.05) is 0 Å². The molecule has 1 heterocycles. The maximum atomic E-state index is 11.9. The minimum atomic E-state index is -0.641. The van der Waals surface area contributed by atoms with Crippen LogP contribution in [0.2, 0.25) is 10.0 Å². The minimum absolute atomic E-state index is 0.192. The molecule has 1 amide bonds. The highest BCUT2D eigenvalue weighted by atomic mass is 35.5. The van der Waals surface area contributed by atoms with Gasteiger partial charge in [-0.2, -0.15) is 0 Å². The van der Waals surface area contributed by atoms with E-state index in [0.29, 0.717) is 21.6 Å². The molecule has 4 nitrogen and oxygen atoms in total. The average molecular weight is 286 g/mol. The molecule has 1 aromatic rings. The fourth-order valence-electron chi connectivity index (χ4n) is 1.69. The maximum Gasteiger partial charge on any atom is 0.256 e. The van der Waals surface area contributed by atoms with E-state index in [1.54, 1.807) is 18.2 Å². The van der Waals surface area contributed by atoms with Crippen LogP contribution in [0.3, 0.4) is 0 Å². The number of nitrogens with zero attached hydrogens (tertiary/aromatic N) is 1. The first-order chi connectivity index (χ1) is 8.47. The number of hydrogen-bond donors (Lipinski definition) is 2. The van der Waals surface area contributed by atoms with Crippen LogP contribution in [0.25, 0.3) is 0 Å². The summed E-state index contributed by atoms with van der Waals surface area (Å²) in [7, 11) is 0. The molecule has 0 spiro atoms. The summed E-state index contributed by atoms with van der Waals surface area (Å²) in [5, 5.41) is 6.74. The molecule has 6 heteroatoms. The standard InChI is InChI=1S/C12H13Cl2N3O/c1-6(2)15-12-16-10(11(18)17-12)8-5-7(13)3-4-9(8)14/h3-6,10H,1-2H3,(H2,15,16,17,18). The van der Waals surface area contributed by atoms with Crippen molar-refractivity contribution in [1.82, 2.24) is 10.6 Å². The Kier molecular flexibility index (Phi) is 3.78. The Bertz CT molecular complexity index is 514. The van der Waals surface area contributed by atoms with Crippen LogP contribution in [-0.4, -0.2) is 17.9 Å². The second kappa shape index (κ2) is 5.16. The predicted octanol–water partition coefficient (Wildman–Crippen LogP) is 2.52. The molecule has 18 heavy (non-hydrogen) atoms. The highest BCUT2D eigenvalue weighted by Crippen LogP contribution is 2.30. The van der Waals surface area contributed by atoms with Crippen LogP contribution in [0.15, 0.2) is 23.2 Å². The fourth-order valence-corrected chi connectivity index (χ4v) is 2.09. The van der Waals surface area contributed by atoms with Crippen LogP contribution in [0.4, 0.5) is 0 Å². The van der Waals surface area contributed by atoms with E-state index >= 15 is 0 Å². The van der Waals surface area contributed by atoms with Gasteiger partial charge in [0.1, 0.15) is 0 Å². The normalized spacial score (nSPS) is 18.8. The Morgan fingerprint density at radius 1 is 1.39 bits per heavy atom. The summed E-state index contributed by atoms with van der Waals surface area (Å²) in [5.74, 6) is 0.262. The van der Waals surface area contributed by atoms with Crippen molar-refractivity contribution < 1.29 is 4.79 Å². The molecule has 96 valence electrons. The summed E-state index contributed by atoms with van der Waals surface area (Å²) in [4.78, 5) is 16.1. The van der Waals surface area contributed by atoms with Gasteiger partial charge >= 0.3 is 0 Å². The SMILES string of the molecule is CC(C)NC1=NC(c2cc(Cl)ccc2Cl)C(=O)N1. The lowest BCUT2D eigenvalue weighted by Gasteiger charge is -2.07. The van der Waals surface area contributed by atoms with Crippen molar-refractivity contribution in [2.45, 2.75) is 25.9 Å². The molecule has 1 aromatic carbocycles. The minimum Gasteiger partial charge on any atom is -0.354 e. The summed E-state index contributed by atoms with van der Waals surface area (Å²) in [6, 6.07) is 4.55. The molecular formula is C12H13Cl2N3O. The van der Waals surface area contributed by atoms with Crippen molar-refractivity contribution in [3.63, 3.8) is 0 Å². The molecule has 0 radical (unpaired) electrons. The molecule has 1 atom stereocenters. The largest absolute Gasteiger partial charge is 0.354 e. The van der Waals surface area contributed by atoms with Gasteiger partial charge in [0.05, 0.1) is 0 Å². The van der Waals surface area contributed by atoms with Crippen molar-refractivity contribution in [1.29, 1.82) is 0 Å². The van der Waals surface area contributed by atoms with Gasteiger partial charge in [-0.3, -0.25) is 10.1 Å². The van der Waals surface area contributed by atoms with Crippen LogP contribution in [0.5, 0.6) is 0 Å². The molecular weight excluding hydrogens is 273 g/mol. The van der Waals surface area contributed by atoms with Crippen molar-refractivity contribution in [2.24, 2.45) is 4.99 Å². The number of hydrogen-bond acceptors (Lipinski definition) is 3. The summed E-state index contributed by atoms with van der Waals surface area (Å²) >= 11 is 12.0. The van der Waals surface area contributed by atoms with E-state index < -0.39 is 6.04 Å². The Labute approximate surface area is 115 Å². The van der Waals surface area contributed by atoms with Crippen LogP contribution in [-0.2, 0) is 4.79 Å². The number of aliphatic imine (C=N–C) groups is 1. The molecule has 0 saturated carbocycles. The molecule has 1 unspecified atom stereocenters. The van der Waals surface area contributed by atoms with Gasteiger partial charge in [-0.15, -0.1) is 0 Å². The van der Waals surface area contributed by atoms with E-state index in [0.717, 1.165) is 0 Å². The van der Waals surface area contributed by atoms with E-state index in [2.05, 4.69) is 15.6 Å². The summed E-state index contributed by atoms with van der Waals surface area (Å²) in [6.45, 7) is 3.93. The number of amides is 1. The van der Waals surface area contributed by atoms with E-state index in [4.69, 9.17) is 23.2 Å². The fraction of sp³-hybridized carbons (Fsp3) is 0.333. The maximum absolute atomic E-state index is 11.9. The predicted molar refractivity (Wildman–Crippen MR) is 73.1 cm³/mol. The van der Waals surface area contributed by atoms with Crippen molar-refractivity contribution in [3.8, 4) is 0 Å². The third kappa shape index (κ3) is 2.76. The lowest BCUT2D eigenvalue weighted by Crippen LogP contribution is -2.40. The number of halogens is 2. The van der Waals surface area contributed by atoms with Gasteiger partial charge in [-0.05, 0) is 32.0 Å². The first-order valence-corrected chi connectivity index (χ1v) is 6.33. The highest BCUT2D eigenvalue weighted by Gasteiger charge is 2.29. The molecule has 0 fully saturated rings. The molecule has 0 aromatic heterocycles. The van der Waals surface area contributed by atoms with Gasteiger partial charge < -0.3 is 5.32 Å². The molecule has 0 aliphatic carbocycles. The van der Waals surface area contributed by atoms with Crippen LogP contribution < -0.4 is 10.6 Å². The Morgan fingerprint density at radius 2 is 2.11 bits per heavy atom. The van der Waals surface area contributed by atoms with Gasteiger partial charge in [0.15, 0.2) is 12.0 Å². The molecule has 0 bridgehead atoms. The molecule has 0 saturated heterocycles. The molecule has 1 aliphatic rings. The average Bonchev–Trinajstić information content (AvgIpc) is 2.62. The van der Waals surface area contributed by atoms with Crippen molar-refractivity contribution >= 4 is 35.1 Å². The first kappa shape index (κ1) is 13.2. The number of carbonyl (C=O) groups excluding carboxylic acids is 1. The quantitative estimate of drug-likeness (QED) is 0.877. The second-order valence-electron chi connectivity index (χ2n) is 4.33. The second-order valence-corrected chi connectivity index (χ2v) is 5.18. The topological polar surface area (TPSA) is 53.5 Å². The smallest absolute Gasteiger partial charge is 0.256 e. The summed E-state index contributed by atoms with van der Waals surface area (Å²) in [5.41, 5.74) is 0.613. The van der Waals surface area contributed by atoms with Crippen LogP contribution in [0.1, 0.15) is 25.5 Å². The van der Waals surface area contributed by atoms with Crippen LogP contribution in [0, 0.1) is 0 Å². The Balaban J connectivity index is 2.30. The monoisotopic (exact) mass is 285 g/mol. The lowest BCUT2D eigenvalue weighted by atomic mass is 10.1. The molecule has 2 N–H and O–H groups in total. The van der Waals surface area contributed by atoms with E-state index in [1.165, 1.54) is 0 Å². The van der Waals surface area contributed by atoms with Gasteiger partial charge in [0, 0.05) is 21.7 Å². The van der Waals surface area contributed by atoms with Crippen LogP contribution >= 0.6 is 23.2 Å². The zero-order chi connectivity index (χ0) is 13.3. The third-order valence-electron chi connectivity index (χ3n) is 2.43. The van der Waals surface area contributed by atoms with Gasteiger partial charge in [0.2, 0.25) is 0 Å². The van der Waals surface area contributed by atoms with E-state index in [1.807, 2.05) is 13.8 Å². The number of rotatable bonds is 2. The summed E-state index contributed by atoms with van der Waals surface area (Å²) < 4.78 is 0. The van der Waals surface area contributed by atoms with Gasteiger partial charge in [-0.25, -0.2) is 4.99 Å². The zero-order valence-electron chi connectivity index (χ0n) is 10.00. The molecule has 2 rings (SSSR count). The van der Waals surface area contributed by atoms with Crippen molar-refractivity contribution in [3.05, 3.63) is 33.8 Å². The number of nitrogens with one attached hydrogen (secondary N) is 2. The van der Waals surface area contributed by atoms with Gasteiger partial charge in [-0.1, -0.05) is 23.2 Å².